The summed E-state index contributed by atoms with van der Waals surface area (Å²) in [6, 6.07) is 7.79. The second-order valence-electron chi connectivity index (χ2n) is 9.87. The maximum Gasteiger partial charge on any atom is 0.159 e. The molecule has 0 fully saturated rings. The molecule has 2 aromatic rings. The number of unbranched alkanes of at least 4 members (excludes halogenated alkanes) is 7. The number of benzene rings is 1. The normalized spacial score (nSPS) is 13.1. The second-order valence-corrected chi connectivity index (χ2v) is 9.87. The molecular formula is C30H47FN2O. The van der Waals surface area contributed by atoms with Crippen LogP contribution in [-0.4, -0.2) is 22.7 Å². The number of halogens is 1. The lowest BCUT2D eigenvalue weighted by molar-refractivity contribution is 0.216. The van der Waals surface area contributed by atoms with E-state index in [9.17, 15) is 4.39 Å². The van der Waals surface area contributed by atoms with Gasteiger partial charge in [0.15, 0.2) is 5.82 Å². The third-order valence-electron chi connectivity index (χ3n) is 6.61. The summed E-state index contributed by atoms with van der Waals surface area (Å²) in [5.74, 6) is 2.11. The van der Waals surface area contributed by atoms with Gasteiger partial charge < -0.3 is 4.74 Å². The predicted molar refractivity (Wildman–Crippen MR) is 142 cm³/mol. The van der Waals surface area contributed by atoms with Crippen LogP contribution in [0.5, 0.6) is 5.75 Å². The summed E-state index contributed by atoms with van der Waals surface area (Å²) in [7, 11) is 0. The molecule has 0 aliphatic rings. The van der Waals surface area contributed by atoms with Gasteiger partial charge >= 0.3 is 0 Å². The first-order valence-corrected chi connectivity index (χ1v) is 13.8. The van der Waals surface area contributed by atoms with Crippen LogP contribution < -0.4 is 4.74 Å². The van der Waals surface area contributed by atoms with Crippen molar-refractivity contribution >= 4 is 0 Å². The van der Waals surface area contributed by atoms with E-state index in [1.54, 1.807) is 0 Å². The van der Waals surface area contributed by atoms with E-state index in [0.29, 0.717) is 25.4 Å². The average Bonchev–Trinajstić information content (AvgIpc) is 2.86. The molecule has 4 heteroatoms. The lowest BCUT2D eigenvalue weighted by Crippen LogP contribution is -2.09. The van der Waals surface area contributed by atoms with Gasteiger partial charge in [-0.2, -0.15) is 0 Å². The Bertz CT molecular complexity index is 747. The van der Waals surface area contributed by atoms with Gasteiger partial charge in [-0.15, -0.1) is 0 Å². The summed E-state index contributed by atoms with van der Waals surface area (Å²) < 4.78 is 19.9. The van der Waals surface area contributed by atoms with Gasteiger partial charge in [0.05, 0.1) is 6.61 Å². The number of aryl methyl sites for hydroxylation is 1. The van der Waals surface area contributed by atoms with E-state index in [-0.39, 0.29) is 0 Å². The number of aromatic nitrogens is 2. The zero-order chi connectivity index (χ0) is 24.4. The van der Waals surface area contributed by atoms with Gasteiger partial charge in [-0.3, -0.25) is 0 Å². The lowest BCUT2D eigenvalue weighted by atomic mass is 9.97. The quantitative estimate of drug-likeness (QED) is 0.192. The van der Waals surface area contributed by atoms with Crippen molar-refractivity contribution < 1.29 is 9.13 Å². The van der Waals surface area contributed by atoms with Crippen LogP contribution in [0.25, 0.3) is 11.4 Å². The van der Waals surface area contributed by atoms with Crippen molar-refractivity contribution in [1.29, 1.82) is 0 Å². The fourth-order valence-electron chi connectivity index (χ4n) is 4.23. The molecular weight excluding hydrogens is 423 g/mol. The van der Waals surface area contributed by atoms with E-state index in [1.807, 2.05) is 36.7 Å². The molecule has 34 heavy (non-hydrogen) atoms. The zero-order valence-corrected chi connectivity index (χ0v) is 21.9. The van der Waals surface area contributed by atoms with Crippen LogP contribution >= 0.6 is 0 Å². The Morgan fingerprint density at radius 2 is 1.41 bits per heavy atom. The number of rotatable bonds is 19. The largest absolute Gasteiger partial charge is 0.493 e. The predicted octanol–water partition coefficient (Wildman–Crippen LogP) is 9.15. The molecule has 1 heterocycles. The first kappa shape index (κ1) is 28.3. The summed E-state index contributed by atoms with van der Waals surface area (Å²) in [6.07, 6.45) is 19.1. The minimum Gasteiger partial charge on any atom is -0.493 e. The Morgan fingerprint density at radius 1 is 0.765 bits per heavy atom. The molecule has 0 N–H and O–H groups in total. The molecule has 2 rings (SSSR count). The molecule has 0 saturated heterocycles. The van der Waals surface area contributed by atoms with Gasteiger partial charge in [-0.25, -0.2) is 14.4 Å². The van der Waals surface area contributed by atoms with Gasteiger partial charge in [0.25, 0.3) is 0 Å². The molecule has 0 amide bonds. The molecule has 190 valence electrons. The highest BCUT2D eigenvalue weighted by Gasteiger charge is 2.10. The molecule has 3 nitrogen and oxygen atoms in total. The van der Waals surface area contributed by atoms with E-state index in [0.717, 1.165) is 30.0 Å². The van der Waals surface area contributed by atoms with Gasteiger partial charge in [-0.05, 0) is 61.4 Å². The Hall–Kier alpha value is -1.97. The highest BCUT2D eigenvalue weighted by Crippen LogP contribution is 2.21. The van der Waals surface area contributed by atoms with Crippen molar-refractivity contribution in [2.75, 3.05) is 6.61 Å². The minimum absolute atomic E-state index is 0.410. The third kappa shape index (κ3) is 11.9. The Morgan fingerprint density at radius 3 is 2.09 bits per heavy atom. The van der Waals surface area contributed by atoms with E-state index in [2.05, 4.69) is 30.7 Å². The van der Waals surface area contributed by atoms with Crippen LogP contribution in [-0.2, 0) is 6.42 Å². The molecule has 0 radical (unpaired) electrons. The number of nitrogens with zero attached hydrogens (tertiary/aromatic N) is 2. The average molecular weight is 471 g/mol. The highest BCUT2D eigenvalue weighted by molar-refractivity contribution is 5.55. The standard InChI is InChI=1S/C30H47FN2O/c1-4-6-8-9-10-11-12-14-26-23-32-30(33-24-26)27-16-19-29(20-17-27)34-22-21-28(31)18-15-25(3)13-7-5-2/h16-17,19-20,23-25,28H,4-15,18,21-22H2,1-3H3. The van der Waals surface area contributed by atoms with Crippen molar-refractivity contribution in [3.63, 3.8) is 0 Å². The Labute approximate surface area is 208 Å². The maximum absolute atomic E-state index is 14.2. The van der Waals surface area contributed by atoms with Crippen LogP contribution in [0.4, 0.5) is 4.39 Å². The Kier molecular flexibility index (Phi) is 14.5. The fourth-order valence-corrected chi connectivity index (χ4v) is 4.23. The van der Waals surface area contributed by atoms with Crippen molar-refractivity contribution in [3.05, 3.63) is 42.2 Å². The van der Waals surface area contributed by atoms with Crippen molar-refractivity contribution in [1.82, 2.24) is 9.97 Å². The van der Waals surface area contributed by atoms with Crippen LogP contribution in [0, 0.1) is 5.92 Å². The molecule has 0 aliphatic heterocycles. The molecule has 0 saturated carbocycles. The topological polar surface area (TPSA) is 35.0 Å². The van der Waals surface area contributed by atoms with Crippen LogP contribution in [0.15, 0.2) is 36.7 Å². The monoisotopic (exact) mass is 470 g/mol. The van der Waals surface area contributed by atoms with Crippen LogP contribution in [0.3, 0.4) is 0 Å². The number of ether oxygens (including phenoxy) is 1. The number of hydrogen-bond acceptors (Lipinski definition) is 3. The Balaban J connectivity index is 1.66. The smallest absolute Gasteiger partial charge is 0.159 e. The molecule has 0 aliphatic carbocycles. The van der Waals surface area contributed by atoms with E-state index >= 15 is 0 Å². The lowest BCUT2D eigenvalue weighted by Gasteiger charge is -2.13. The van der Waals surface area contributed by atoms with Crippen LogP contribution in [0.2, 0.25) is 0 Å². The molecule has 0 spiro atoms. The van der Waals surface area contributed by atoms with Crippen molar-refractivity contribution in [3.8, 4) is 17.1 Å². The summed E-state index contributed by atoms with van der Waals surface area (Å²) >= 11 is 0. The SMILES string of the molecule is CCCCCCCCCc1cnc(-c2ccc(OCCC(F)CCC(C)CCCC)cc2)nc1. The van der Waals surface area contributed by atoms with Crippen molar-refractivity contribution in [2.24, 2.45) is 5.92 Å². The minimum atomic E-state index is -0.781. The summed E-state index contributed by atoms with van der Waals surface area (Å²) in [6.45, 7) is 7.10. The maximum atomic E-state index is 14.2. The first-order valence-electron chi connectivity index (χ1n) is 13.8. The highest BCUT2D eigenvalue weighted by atomic mass is 19.1. The fraction of sp³-hybridized carbons (Fsp3) is 0.667. The summed E-state index contributed by atoms with van der Waals surface area (Å²) in [5, 5.41) is 0. The van der Waals surface area contributed by atoms with Crippen molar-refractivity contribution in [2.45, 2.75) is 117 Å². The third-order valence-corrected chi connectivity index (χ3v) is 6.61. The van der Waals surface area contributed by atoms with E-state index < -0.39 is 6.17 Å². The van der Waals surface area contributed by atoms with Gasteiger partial charge in [0.1, 0.15) is 11.9 Å². The first-order chi connectivity index (χ1) is 16.6. The number of hydrogen-bond donors (Lipinski definition) is 0. The molecule has 1 aromatic carbocycles. The zero-order valence-electron chi connectivity index (χ0n) is 21.9. The summed E-state index contributed by atoms with van der Waals surface area (Å²) in [4.78, 5) is 9.11. The second kappa shape index (κ2) is 17.5. The molecule has 1 aromatic heterocycles. The van der Waals surface area contributed by atoms with Gasteiger partial charge in [0, 0.05) is 24.4 Å². The molecule has 0 bridgehead atoms. The number of alkyl halides is 1. The molecule has 2 unspecified atom stereocenters. The molecule has 2 atom stereocenters. The van der Waals surface area contributed by atoms with Gasteiger partial charge in [-0.1, -0.05) is 78.6 Å². The van der Waals surface area contributed by atoms with E-state index in [4.69, 9.17) is 4.74 Å². The summed E-state index contributed by atoms with van der Waals surface area (Å²) in [5.41, 5.74) is 2.18. The van der Waals surface area contributed by atoms with E-state index in [1.165, 1.54) is 69.8 Å². The van der Waals surface area contributed by atoms with Gasteiger partial charge in [0.2, 0.25) is 0 Å². The van der Waals surface area contributed by atoms with Crippen LogP contribution in [0.1, 0.15) is 110 Å².